The highest BCUT2D eigenvalue weighted by molar-refractivity contribution is 5.99. The number of likely N-dealkylation sites (tertiary alicyclic amines) is 1. The molecule has 0 radical (unpaired) electrons. The van der Waals surface area contributed by atoms with E-state index in [1.54, 1.807) is 0 Å². The average Bonchev–Trinajstić information content (AvgIpc) is 2.54. The van der Waals surface area contributed by atoms with E-state index < -0.39 is 0 Å². The third-order valence-corrected chi connectivity index (χ3v) is 5.62. The Morgan fingerprint density at radius 2 is 1.67 bits per heavy atom. The Kier molecular flexibility index (Phi) is 5.21. The van der Waals surface area contributed by atoms with Gasteiger partial charge in [-0.2, -0.15) is 0 Å². The summed E-state index contributed by atoms with van der Waals surface area (Å²) in [4.78, 5) is 15.0. The van der Waals surface area contributed by atoms with E-state index in [2.05, 4.69) is 32.6 Å². The summed E-state index contributed by atoms with van der Waals surface area (Å²) in [5.74, 6) is 0.260. The summed E-state index contributed by atoms with van der Waals surface area (Å²) in [6.45, 7) is 10.8. The molecule has 1 aliphatic rings. The first-order chi connectivity index (χ1) is 10.0. The molecule has 1 aromatic carbocycles. The van der Waals surface area contributed by atoms with Gasteiger partial charge >= 0.3 is 0 Å². The van der Waals surface area contributed by atoms with Crippen LogP contribution in [0.15, 0.2) is 24.3 Å². The standard InChI is InChI=1S/C19H29NO/c1-5-19(6-2)11-13-20(14-12-19)16(4)18(21)17-9-7-15(3)8-10-17/h7-10,16H,5-6,11-14H2,1-4H3. The SMILES string of the molecule is CCC1(CC)CCN(C(C)C(=O)c2ccc(C)cc2)CC1. The van der Waals surface area contributed by atoms with Crippen molar-refractivity contribution in [2.75, 3.05) is 13.1 Å². The van der Waals surface area contributed by atoms with Gasteiger partial charge in [-0.3, -0.25) is 9.69 Å². The maximum absolute atomic E-state index is 12.6. The third kappa shape index (κ3) is 3.55. The molecule has 1 aromatic rings. The highest BCUT2D eigenvalue weighted by Crippen LogP contribution is 2.38. The topological polar surface area (TPSA) is 20.3 Å². The van der Waals surface area contributed by atoms with Crippen molar-refractivity contribution in [1.82, 2.24) is 4.90 Å². The Morgan fingerprint density at radius 3 is 2.14 bits per heavy atom. The lowest BCUT2D eigenvalue weighted by Crippen LogP contribution is -2.46. The molecule has 1 fully saturated rings. The first kappa shape index (κ1) is 16.2. The fourth-order valence-electron chi connectivity index (χ4n) is 3.47. The number of hydrogen-bond acceptors (Lipinski definition) is 2. The molecule has 0 N–H and O–H groups in total. The maximum Gasteiger partial charge on any atom is 0.179 e. The van der Waals surface area contributed by atoms with Crippen molar-refractivity contribution in [3.63, 3.8) is 0 Å². The molecule has 0 aliphatic carbocycles. The molecule has 116 valence electrons. The Balaban J connectivity index is 2.00. The number of piperidine rings is 1. The lowest BCUT2D eigenvalue weighted by atomic mass is 9.74. The zero-order valence-electron chi connectivity index (χ0n) is 14.0. The summed E-state index contributed by atoms with van der Waals surface area (Å²) in [6.07, 6.45) is 4.98. The molecule has 2 heteroatoms. The van der Waals surface area contributed by atoms with Crippen LogP contribution in [0.25, 0.3) is 0 Å². The molecule has 21 heavy (non-hydrogen) atoms. The van der Waals surface area contributed by atoms with Gasteiger partial charge in [-0.25, -0.2) is 0 Å². The minimum absolute atomic E-state index is 0.000539. The van der Waals surface area contributed by atoms with Gasteiger partial charge in [0.2, 0.25) is 0 Å². The molecule has 0 bridgehead atoms. The number of carbonyl (C=O) groups is 1. The van der Waals surface area contributed by atoms with Crippen molar-refractivity contribution >= 4 is 5.78 Å². The van der Waals surface area contributed by atoms with Crippen molar-refractivity contribution in [2.24, 2.45) is 5.41 Å². The molecule has 2 rings (SSSR count). The van der Waals surface area contributed by atoms with Crippen LogP contribution in [0.2, 0.25) is 0 Å². The Bertz CT molecular complexity index is 463. The summed E-state index contributed by atoms with van der Waals surface area (Å²) in [5, 5.41) is 0. The van der Waals surface area contributed by atoms with E-state index in [1.165, 1.54) is 31.2 Å². The van der Waals surface area contributed by atoms with E-state index in [4.69, 9.17) is 0 Å². The van der Waals surface area contributed by atoms with Gasteiger partial charge in [-0.1, -0.05) is 56.5 Å². The first-order valence-corrected chi connectivity index (χ1v) is 8.36. The number of rotatable bonds is 5. The third-order valence-electron chi connectivity index (χ3n) is 5.62. The van der Waals surface area contributed by atoms with Crippen molar-refractivity contribution in [3.05, 3.63) is 35.4 Å². The van der Waals surface area contributed by atoms with E-state index in [9.17, 15) is 4.79 Å². The molecule has 2 nitrogen and oxygen atoms in total. The van der Waals surface area contributed by atoms with Gasteiger partial charge in [0, 0.05) is 5.56 Å². The lowest BCUT2D eigenvalue weighted by Gasteiger charge is -2.42. The number of ketones is 1. The van der Waals surface area contributed by atoms with Crippen LogP contribution in [0.1, 0.15) is 62.4 Å². The number of hydrogen-bond donors (Lipinski definition) is 0. The minimum Gasteiger partial charge on any atom is -0.293 e. The second-order valence-corrected chi connectivity index (χ2v) is 6.65. The molecular formula is C19H29NO. The van der Waals surface area contributed by atoms with E-state index in [-0.39, 0.29) is 11.8 Å². The Hall–Kier alpha value is -1.15. The highest BCUT2D eigenvalue weighted by Gasteiger charge is 2.34. The lowest BCUT2D eigenvalue weighted by molar-refractivity contribution is 0.0574. The second kappa shape index (κ2) is 6.74. The van der Waals surface area contributed by atoms with Crippen LogP contribution in [0, 0.1) is 12.3 Å². The molecule has 0 aromatic heterocycles. The number of nitrogens with zero attached hydrogens (tertiary/aromatic N) is 1. The molecule has 1 atom stereocenters. The van der Waals surface area contributed by atoms with Crippen LogP contribution in [0.4, 0.5) is 0 Å². The molecule has 0 spiro atoms. The minimum atomic E-state index is -0.000539. The number of carbonyl (C=O) groups excluding carboxylic acids is 1. The van der Waals surface area contributed by atoms with Gasteiger partial charge in [0.15, 0.2) is 5.78 Å². The molecule has 1 unspecified atom stereocenters. The van der Waals surface area contributed by atoms with Gasteiger partial charge in [0.25, 0.3) is 0 Å². The second-order valence-electron chi connectivity index (χ2n) is 6.65. The van der Waals surface area contributed by atoms with E-state index in [1.807, 2.05) is 24.3 Å². The van der Waals surface area contributed by atoms with Crippen LogP contribution in [-0.2, 0) is 0 Å². The van der Waals surface area contributed by atoms with E-state index in [0.717, 1.165) is 18.7 Å². The van der Waals surface area contributed by atoms with Crippen molar-refractivity contribution in [1.29, 1.82) is 0 Å². The smallest absolute Gasteiger partial charge is 0.179 e. The molecule has 0 amide bonds. The van der Waals surface area contributed by atoms with Gasteiger partial charge in [0.1, 0.15) is 0 Å². The van der Waals surface area contributed by atoms with Crippen molar-refractivity contribution in [2.45, 2.75) is 59.4 Å². The van der Waals surface area contributed by atoms with Crippen LogP contribution < -0.4 is 0 Å². The largest absolute Gasteiger partial charge is 0.293 e. The van der Waals surface area contributed by atoms with E-state index >= 15 is 0 Å². The predicted octanol–water partition coefficient (Wildman–Crippen LogP) is 4.47. The monoisotopic (exact) mass is 287 g/mol. The molecule has 1 aliphatic heterocycles. The van der Waals surface area contributed by atoms with Gasteiger partial charge in [-0.05, 0) is 45.2 Å². The van der Waals surface area contributed by atoms with E-state index in [0.29, 0.717) is 5.41 Å². The van der Waals surface area contributed by atoms with Crippen LogP contribution in [0.3, 0.4) is 0 Å². The number of Topliss-reactive ketones (excluding diaryl/α,β-unsaturated/α-hetero) is 1. The van der Waals surface area contributed by atoms with Gasteiger partial charge in [-0.15, -0.1) is 0 Å². The van der Waals surface area contributed by atoms with Crippen LogP contribution in [-0.4, -0.2) is 29.8 Å². The fraction of sp³-hybridized carbons (Fsp3) is 0.632. The predicted molar refractivity (Wildman–Crippen MR) is 88.8 cm³/mol. The number of benzene rings is 1. The highest BCUT2D eigenvalue weighted by atomic mass is 16.1. The summed E-state index contributed by atoms with van der Waals surface area (Å²) < 4.78 is 0. The molecule has 0 saturated carbocycles. The van der Waals surface area contributed by atoms with Crippen molar-refractivity contribution in [3.8, 4) is 0 Å². The van der Waals surface area contributed by atoms with Gasteiger partial charge in [0.05, 0.1) is 6.04 Å². The number of aryl methyl sites for hydroxylation is 1. The Labute approximate surface area is 129 Å². The van der Waals surface area contributed by atoms with Crippen LogP contribution in [0.5, 0.6) is 0 Å². The van der Waals surface area contributed by atoms with Crippen LogP contribution >= 0.6 is 0 Å². The Morgan fingerprint density at radius 1 is 1.14 bits per heavy atom. The summed E-state index contributed by atoms with van der Waals surface area (Å²) in [5.41, 5.74) is 2.56. The first-order valence-electron chi connectivity index (χ1n) is 8.36. The van der Waals surface area contributed by atoms with Crippen molar-refractivity contribution < 1.29 is 4.79 Å². The summed E-state index contributed by atoms with van der Waals surface area (Å²) in [6, 6.07) is 7.96. The molecule has 1 heterocycles. The maximum atomic E-state index is 12.6. The quantitative estimate of drug-likeness (QED) is 0.745. The molecule has 1 saturated heterocycles. The summed E-state index contributed by atoms with van der Waals surface area (Å²) in [7, 11) is 0. The summed E-state index contributed by atoms with van der Waals surface area (Å²) >= 11 is 0. The fourth-order valence-corrected chi connectivity index (χ4v) is 3.47. The van der Waals surface area contributed by atoms with Gasteiger partial charge < -0.3 is 0 Å². The normalized spacial score (nSPS) is 20.2. The zero-order valence-corrected chi connectivity index (χ0v) is 14.0. The molecular weight excluding hydrogens is 258 g/mol. The average molecular weight is 287 g/mol. The zero-order chi connectivity index (χ0) is 15.5.